The zero-order valence-corrected chi connectivity index (χ0v) is 23.0. The second kappa shape index (κ2) is 8.37. The Labute approximate surface area is 246 Å². The smallest absolute Gasteiger partial charge is 0.138 e. The molecular weight excluding hydrogens is 530 g/mol. The fourth-order valence-corrected chi connectivity index (χ4v) is 7.21. The maximum atomic E-state index is 6.40. The van der Waals surface area contributed by atoms with E-state index in [0.717, 1.165) is 61.3 Å². The van der Waals surface area contributed by atoms with Crippen molar-refractivity contribution in [3.05, 3.63) is 127 Å². The van der Waals surface area contributed by atoms with E-state index in [1.54, 1.807) is 6.20 Å². The van der Waals surface area contributed by atoms with Crippen LogP contribution in [0.3, 0.4) is 0 Å². The highest BCUT2D eigenvalue weighted by Gasteiger charge is 2.28. The number of hydrogen-bond donors (Lipinski definition) is 1. The maximum absolute atomic E-state index is 6.40. The Morgan fingerprint density at radius 1 is 0.581 bits per heavy atom. The van der Waals surface area contributed by atoms with Gasteiger partial charge >= 0.3 is 0 Å². The summed E-state index contributed by atoms with van der Waals surface area (Å²) in [6.45, 7) is 0.660. The molecule has 2 aliphatic rings. The lowest BCUT2D eigenvalue weighted by molar-refractivity contribution is 0.532. The molecule has 0 radical (unpaired) electrons. The molecule has 1 N–H and O–H groups in total. The summed E-state index contributed by atoms with van der Waals surface area (Å²) >= 11 is 0. The van der Waals surface area contributed by atoms with Crippen LogP contribution in [-0.2, 0) is 6.54 Å². The van der Waals surface area contributed by atoms with Crippen molar-refractivity contribution in [3.63, 3.8) is 0 Å². The van der Waals surface area contributed by atoms with E-state index >= 15 is 0 Å². The third kappa shape index (κ3) is 3.03. The van der Waals surface area contributed by atoms with Crippen LogP contribution in [0, 0.1) is 0 Å². The molecule has 43 heavy (non-hydrogen) atoms. The molecule has 8 aromatic rings. The summed E-state index contributed by atoms with van der Waals surface area (Å²) < 4.78 is 12.8. The van der Waals surface area contributed by atoms with Crippen LogP contribution in [0.1, 0.15) is 11.3 Å². The molecule has 5 aromatic carbocycles. The van der Waals surface area contributed by atoms with E-state index in [2.05, 4.69) is 106 Å². The summed E-state index contributed by atoms with van der Waals surface area (Å²) in [5.41, 5.74) is 11.9. The molecule has 3 aromatic heterocycles. The molecule has 0 bridgehead atoms. The Morgan fingerprint density at radius 2 is 1.33 bits per heavy atom. The number of furan rings is 2. The lowest BCUT2D eigenvalue weighted by atomic mass is 9.98. The van der Waals surface area contributed by atoms with E-state index in [9.17, 15) is 0 Å². The molecule has 5 nitrogen and oxygen atoms in total. The summed E-state index contributed by atoms with van der Waals surface area (Å²) in [5.74, 6) is 0.942. The molecule has 4 heterocycles. The SMILES string of the molecule is C1=Cc2c(oc3cccc(N(c4ccc5c6c(cccc46)-c4ccccc4-5)c4cccc5oc6ccncc6c45)c23)CN1. The highest BCUT2D eigenvalue weighted by atomic mass is 16.3. The summed E-state index contributed by atoms with van der Waals surface area (Å²) in [7, 11) is 0. The molecule has 0 atom stereocenters. The van der Waals surface area contributed by atoms with Gasteiger partial charge in [0.2, 0.25) is 0 Å². The van der Waals surface area contributed by atoms with Crippen LogP contribution in [0.4, 0.5) is 17.1 Å². The van der Waals surface area contributed by atoms with Crippen LogP contribution in [0.2, 0.25) is 0 Å². The van der Waals surface area contributed by atoms with Crippen molar-refractivity contribution < 1.29 is 8.83 Å². The molecule has 10 rings (SSSR count). The highest BCUT2D eigenvalue weighted by molar-refractivity contribution is 6.21. The Kier molecular flexibility index (Phi) is 4.44. The normalized spacial score (nSPS) is 13.1. The molecule has 0 amide bonds. The van der Waals surface area contributed by atoms with Crippen LogP contribution in [0.15, 0.2) is 124 Å². The van der Waals surface area contributed by atoms with E-state index in [4.69, 9.17) is 8.83 Å². The molecule has 5 heteroatoms. The van der Waals surface area contributed by atoms with Crippen molar-refractivity contribution in [2.45, 2.75) is 6.54 Å². The number of nitrogens with zero attached hydrogens (tertiary/aromatic N) is 2. The van der Waals surface area contributed by atoms with Gasteiger partial charge in [-0.15, -0.1) is 0 Å². The second-order valence-corrected chi connectivity index (χ2v) is 11.2. The third-order valence-electron chi connectivity index (χ3n) is 8.96. The van der Waals surface area contributed by atoms with Crippen molar-refractivity contribution in [1.82, 2.24) is 10.3 Å². The standard InChI is InChI=1S/C38H23N3O2/c1-2-7-23-22(6-1)24-8-3-9-26-29(15-14-25(23)36(24)26)41(30-10-4-12-33-37(30)27-16-18-40-21-35(27)43-33)31-11-5-13-34-38(31)28-20-39-19-17-32(28)42-34/h1-20,40H,21H2. The van der Waals surface area contributed by atoms with Crippen LogP contribution in [0.5, 0.6) is 0 Å². The first-order valence-corrected chi connectivity index (χ1v) is 14.5. The number of hydrogen-bond acceptors (Lipinski definition) is 5. The van der Waals surface area contributed by atoms with Gasteiger partial charge in [0, 0.05) is 28.7 Å². The number of aromatic nitrogens is 1. The number of pyridine rings is 1. The average Bonchev–Trinajstić information content (AvgIpc) is 3.73. The number of fused-ring (bicyclic) bond motifs is 9. The van der Waals surface area contributed by atoms with Gasteiger partial charge in [0.1, 0.15) is 22.5 Å². The minimum atomic E-state index is 0.660. The Morgan fingerprint density at radius 3 is 2.19 bits per heavy atom. The van der Waals surface area contributed by atoms with Crippen molar-refractivity contribution >= 4 is 66.8 Å². The van der Waals surface area contributed by atoms with E-state index < -0.39 is 0 Å². The first-order valence-electron chi connectivity index (χ1n) is 14.5. The molecule has 0 saturated carbocycles. The van der Waals surface area contributed by atoms with Gasteiger partial charge in [-0.3, -0.25) is 4.98 Å². The van der Waals surface area contributed by atoms with Gasteiger partial charge in [0.15, 0.2) is 0 Å². The predicted molar refractivity (Wildman–Crippen MR) is 174 cm³/mol. The maximum Gasteiger partial charge on any atom is 0.138 e. The fraction of sp³-hybridized carbons (Fsp3) is 0.0263. The number of anilines is 3. The van der Waals surface area contributed by atoms with E-state index in [1.807, 2.05) is 24.5 Å². The topological polar surface area (TPSA) is 54.4 Å². The Bertz CT molecular complexity index is 2450. The summed E-state index contributed by atoms with van der Waals surface area (Å²) in [6, 6.07) is 34.5. The van der Waals surface area contributed by atoms with Gasteiger partial charge in [0.25, 0.3) is 0 Å². The summed E-state index contributed by atoms with van der Waals surface area (Å²) in [5, 5.41) is 8.88. The second-order valence-electron chi connectivity index (χ2n) is 11.2. The van der Waals surface area contributed by atoms with Crippen molar-refractivity contribution in [2.75, 3.05) is 4.90 Å². The molecule has 202 valence electrons. The molecule has 1 aliphatic carbocycles. The lowest BCUT2D eigenvalue weighted by Gasteiger charge is -2.28. The zero-order valence-electron chi connectivity index (χ0n) is 23.0. The largest absolute Gasteiger partial charge is 0.458 e. The zero-order chi connectivity index (χ0) is 28.1. The summed E-state index contributed by atoms with van der Waals surface area (Å²) in [6.07, 6.45) is 7.81. The molecule has 0 fully saturated rings. The van der Waals surface area contributed by atoms with Crippen LogP contribution < -0.4 is 10.2 Å². The van der Waals surface area contributed by atoms with Crippen molar-refractivity contribution in [1.29, 1.82) is 0 Å². The van der Waals surface area contributed by atoms with Crippen LogP contribution >= 0.6 is 0 Å². The average molecular weight is 554 g/mol. The van der Waals surface area contributed by atoms with Gasteiger partial charge in [-0.05, 0) is 76.3 Å². The lowest BCUT2D eigenvalue weighted by Crippen LogP contribution is -2.12. The summed E-state index contributed by atoms with van der Waals surface area (Å²) in [4.78, 5) is 6.87. The first-order chi connectivity index (χ1) is 21.3. The van der Waals surface area contributed by atoms with Crippen molar-refractivity contribution in [2.24, 2.45) is 0 Å². The monoisotopic (exact) mass is 553 g/mol. The van der Waals surface area contributed by atoms with E-state index in [1.165, 1.54) is 33.0 Å². The van der Waals surface area contributed by atoms with Gasteiger partial charge in [0.05, 0.1) is 34.4 Å². The van der Waals surface area contributed by atoms with E-state index in [-0.39, 0.29) is 0 Å². The molecule has 0 saturated heterocycles. The van der Waals surface area contributed by atoms with Gasteiger partial charge in [-0.1, -0.05) is 60.7 Å². The minimum absolute atomic E-state index is 0.660. The van der Waals surface area contributed by atoms with Crippen LogP contribution in [-0.4, -0.2) is 4.98 Å². The van der Waals surface area contributed by atoms with Gasteiger partial charge < -0.3 is 19.1 Å². The quantitative estimate of drug-likeness (QED) is 0.236. The number of nitrogens with one attached hydrogen (secondary N) is 1. The predicted octanol–water partition coefficient (Wildman–Crippen LogP) is 10.1. The number of rotatable bonds is 3. The molecule has 1 aliphatic heterocycles. The first kappa shape index (κ1) is 22.8. The molecule has 0 spiro atoms. The van der Waals surface area contributed by atoms with Crippen molar-refractivity contribution in [3.8, 4) is 22.3 Å². The highest BCUT2D eigenvalue weighted by Crippen LogP contribution is 2.53. The minimum Gasteiger partial charge on any atom is -0.458 e. The van der Waals surface area contributed by atoms with Crippen LogP contribution in [0.25, 0.3) is 72.0 Å². The number of benzene rings is 5. The Balaban J connectivity index is 1.36. The van der Waals surface area contributed by atoms with Gasteiger partial charge in [-0.25, -0.2) is 0 Å². The third-order valence-corrected chi connectivity index (χ3v) is 8.96. The molecular formula is C38H23N3O2. The van der Waals surface area contributed by atoms with Gasteiger partial charge in [-0.2, -0.15) is 0 Å². The fourth-order valence-electron chi connectivity index (χ4n) is 7.21. The van der Waals surface area contributed by atoms with E-state index in [0.29, 0.717) is 6.54 Å². The Hall–Kier alpha value is -5.81. The molecule has 0 unspecified atom stereocenters.